The van der Waals surface area contributed by atoms with Gasteiger partial charge in [-0.1, -0.05) is 0 Å². The Morgan fingerprint density at radius 2 is 2.03 bits per heavy atom. The molecule has 0 radical (unpaired) electrons. The molecule has 0 bridgehead atoms. The molecule has 176 valence electrons. The number of carbonyl (C=O) groups is 1. The molecule has 1 aliphatic rings. The molecule has 0 aliphatic carbocycles. The minimum Gasteiger partial charge on any atom is -0.454 e. The first-order valence-corrected chi connectivity index (χ1v) is 12.5. The summed E-state index contributed by atoms with van der Waals surface area (Å²) in [6.07, 6.45) is 5.31. The first kappa shape index (κ1) is 22.2. The third-order valence-corrected chi connectivity index (χ3v) is 8.03. The van der Waals surface area contributed by atoms with Gasteiger partial charge in [-0.2, -0.15) is 0 Å². The van der Waals surface area contributed by atoms with Crippen LogP contribution in [0.5, 0.6) is 11.5 Å². The topological polar surface area (TPSA) is 131 Å². The van der Waals surface area contributed by atoms with E-state index in [1.54, 1.807) is 32.2 Å². The highest BCUT2D eigenvalue weighted by molar-refractivity contribution is 7.92. The van der Waals surface area contributed by atoms with Crippen LogP contribution in [0.3, 0.4) is 0 Å². The number of aliphatic hydroxyl groups is 1. The Balaban J connectivity index is 1.46. The number of pyridine rings is 1. The van der Waals surface area contributed by atoms with Crippen LogP contribution in [0.4, 0.5) is 10.5 Å². The van der Waals surface area contributed by atoms with E-state index in [1.165, 1.54) is 11.4 Å². The Morgan fingerprint density at radius 1 is 1.21 bits per heavy atom. The number of nitrogens with zero attached hydrogens (tertiary/aromatic N) is 2. The predicted molar refractivity (Wildman–Crippen MR) is 126 cm³/mol. The van der Waals surface area contributed by atoms with Gasteiger partial charge >= 0.3 is 6.03 Å². The molecular formula is C22H20N4O6S2. The number of rotatable bonds is 5. The Labute approximate surface area is 198 Å². The molecule has 34 heavy (non-hydrogen) atoms. The summed E-state index contributed by atoms with van der Waals surface area (Å²) in [5.41, 5.74) is 1.53. The number of thiophene rings is 1. The van der Waals surface area contributed by atoms with Crippen molar-refractivity contribution in [2.45, 2.75) is 23.7 Å². The van der Waals surface area contributed by atoms with Crippen LogP contribution in [0.1, 0.15) is 19.4 Å². The summed E-state index contributed by atoms with van der Waals surface area (Å²) < 4.78 is 40.3. The fourth-order valence-corrected chi connectivity index (χ4v) is 5.75. The zero-order valence-corrected chi connectivity index (χ0v) is 19.7. The van der Waals surface area contributed by atoms with Crippen molar-refractivity contribution in [1.82, 2.24) is 14.1 Å². The number of fused-ring (bicyclic) bond motifs is 2. The van der Waals surface area contributed by atoms with Crippen LogP contribution in [-0.4, -0.2) is 35.7 Å². The Hall–Kier alpha value is -3.61. The van der Waals surface area contributed by atoms with Crippen LogP contribution in [0.25, 0.3) is 16.8 Å². The van der Waals surface area contributed by atoms with Crippen molar-refractivity contribution in [3.05, 3.63) is 59.9 Å². The maximum absolute atomic E-state index is 12.8. The molecule has 3 N–H and O–H groups in total. The summed E-state index contributed by atoms with van der Waals surface area (Å²) in [5.74, 6) is 0.727. The standard InChI is InChI=1S/C22H20N4O6S2/c1-22(2,28)14-10-18(33-11-14)34(29,30)25-21(27)24-19-15(3-4-16-20(19)32-12-31-16)13-5-7-26-8-6-23-17(26)9-13/h3-11,28H,12H2,1-2H3,(H2,24,25,27). The van der Waals surface area contributed by atoms with E-state index >= 15 is 0 Å². The van der Waals surface area contributed by atoms with Crippen molar-refractivity contribution < 1.29 is 27.8 Å². The van der Waals surface area contributed by atoms with Crippen molar-refractivity contribution >= 4 is 38.7 Å². The number of urea groups is 1. The van der Waals surface area contributed by atoms with Gasteiger partial charge in [0.15, 0.2) is 11.5 Å². The average Bonchev–Trinajstić information content (AvgIpc) is 3.52. The molecule has 0 atom stereocenters. The van der Waals surface area contributed by atoms with Crippen molar-refractivity contribution in [1.29, 1.82) is 0 Å². The third kappa shape index (κ3) is 4.06. The van der Waals surface area contributed by atoms with Crippen LogP contribution < -0.4 is 19.5 Å². The SMILES string of the molecule is CC(C)(O)c1csc(S(=O)(=O)NC(=O)Nc2c(-c3ccn4ccnc4c3)ccc3c2OCO3)c1. The van der Waals surface area contributed by atoms with E-state index in [-0.39, 0.29) is 16.7 Å². The summed E-state index contributed by atoms with van der Waals surface area (Å²) in [6.45, 7) is 3.07. The first-order valence-electron chi connectivity index (χ1n) is 10.1. The van der Waals surface area contributed by atoms with E-state index in [9.17, 15) is 18.3 Å². The van der Waals surface area contributed by atoms with Crippen LogP contribution in [-0.2, 0) is 15.6 Å². The van der Waals surface area contributed by atoms with Gasteiger partial charge in [-0.05, 0) is 60.7 Å². The number of sulfonamides is 1. The molecule has 3 aromatic heterocycles. The summed E-state index contributed by atoms with van der Waals surface area (Å²) in [4.78, 5) is 17.1. The molecule has 4 heterocycles. The molecule has 1 aromatic carbocycles. The number of ether oxygens (including phenoxy) is 2. The van der Waals surface area contributed by atoms with Gasteiger partial charge in [-0.3, -0.25) is 0 Å². The maximum atomic E-state index is 12.8. The molecule has 12 heteroatoms. The van der Waals surface area contributed by atoms with Gasteiger partial charge in [0.2, 0.25) is 6.79 Å². The number of anilines is 1. The monoisotopic (exact) mass is 500 g/mol. The van der Waals surface area contributed by atoms with E-state index < -0.39 is 21.7 Å². The second-order valence-electron chi connectivity index (χ2n) is 8.10. The maximum Gasteiger partial charge on any atom is 0.333 e. The normalized spacial score (nSPS) is 13.3. The number of carbonyl (C=O) groups excluding carboxylic acids is 1. The Kier molecular flexibility index (Phi) is 5.23. The van der Waals surface area contributed by atoms with E-state index in [0.717, 1.165) is 16.9 Å². The molecule has 5 rings (SSSR count). The van der Waals surface area contributed by atoms with E-state index in [1.807, 2.05) is 33.6 Å². The molecule has 2 amide bonds. The quantitative estimate of drug-likeness (QED) is 0.382. The molecule has 0 saturated heterocycles. The smallest absolute Gasteiger partial charge is 0.333 e. The van der Waals surface area contributed by atoms with Gasteiger partial charge in [-0.25, -0.2) is 22.9 Å². The summed E-state index contributed by atoms with van der Waals surface area (Å²) in [7, 11) is -4.17. The molecule has 0 fully saturated rings. The van der Waals surface area contributed by atoms with Crippen LogP contribution in [0.2, 0.25) is 0 Å². The van der Waals surface area contributed by atoms with E-state index in [2.05, 4.69) is 10.3 Å². The molecule has 0 spiro atoms. The summed E-state index contributed by atoms with van der Waals surface area (Å²) in [6, 6.07) is 7.52. The third-order valence-electron chi connectivity index (χ3n) is 5.26. The number of nitrogens with one attached hydrogen (secondary N) is 2. The number of hydrogen-bond donors (Lipinski definition) is 3. The zero-order valence-electron chi connectivity index (χ0n) is 18.1. The highest BCUT2D eigenvalue weighted by Crippen LogP contribution is 2.45. The molecular weight excluding hydrogens is 480 g/mol. The van der Waals surface area contributed by atoms with Crippen molar-refractivity contribution in [2.24, 2.45) is 0 Å². The fraction of sp³-hybridized carbons (Fsp3) is 0.182. The molecule has 4 aromatic rings. The van der Waals surface area contributed by atoms with Gasteiger partial charge in [0.25, 0.3) is 10.0 Å². The largest absolute Gasteiger partial charge is 0.454 e. The average molecular weight is 501 g/mol. The molecule has 10 nitrogen and oxygen atoms in total. The van der Waals surface area contributed by atoms with Crippen LogP contribution in [0.15, 0.2) is 58.5 Å². The number of benzene rings is 1. The van der Waals surface area contributed by atoms with Crippen molar-refractivity contribution in [3.63, 3.8) is 0 Å². The van der Waals surface area contributed by atoms with Gasteiger partial charge in [0.05, 0.1) is 11.3 Å². The summed E-state index contributed by atoms with van der Waals surface area (Å²) >= 11 is 0.909. The minimum absolute atomic E-state index is 0.0262. The highest BCUT2D eigenvalue weighted by atomic mass is 32.2. The highest BCUT2D eigenvalue weighted by Gasteiger charge is 2.27. The molecule has 0 unspecified atom stereocenters. The Bertz CT molecular complexity index is 1520. The second-order valence-corrected chi connectivity index (χ2v) is 10.9. The molecule has 0 saturated carbocycles. The lowest BCUT2D eigenvalue weighted by atomic mass is 10.0. The minimum atomic E-state index is -4.17. The van der Waals surface area contributed by atoms with Crippen molar-refractivity contribution in [3.8, 4) is 22.6 Å². The molecule has 1 aliphatic heterocycles. The lowest BCUT2D eigenvalue weighted by Gasteiger charge is -2.15. The van der Waals surface area contributed by atoms with Gasteiger partial charge in [-0.15, -0.1) is 11.3 Å². The van der Waals surface area contributed by atoms with Gasteiger partial charge in [0.1, 0.15) is 9.86 Å². The van der Waals surface area contributed by atoms with Crippen LogP contribution >= 0.6 is 11.3 Å². The second kappa shape index (κ2) is 8.01. The first-order chi connectivity index (χ1) is 16.1. The Morgan fingerprint density at radius 3 is 2.79 bits per heavy atom. The fourth-order valence-electron chi connectivity index (χ4n) is 3.50. The number of amides is 2. The van der Waals surface area contributed by atoms with Gasteiger partial charge in [0, 0.05) is 24.2 Å². The van der Waals surface area contributed by atoms with Crippen molar-refractivity contribution in [2.75, 3.05) is 12.1 Å². The summed E-state index contributed by atoms with van der Waals surface area (Å²) in [5, 5.41) is 14.2. The number of imidazole rings is 1. The number of aromatic nitrogens is 2. The lowest BCUT2D eigenvalue weighted by molar-refractivity contribution is 0.0789. The zero-order chi connectivity index (χ0) is 24.1. The van der Waals surface area contributed by atoms with E-state index in [4.69, 9.17) is 9.47 Å². The number of hydrogen-bond acceptors (Lipinski definition) is 8. The van der Waals surface area contributed by atoms with Crippen LogP contribution in [0, 0.1) is 0 Å². The lowest BCUT2D eigenvalue weighted by Crippen LogP contribution is -2.34. The van der Waals surface area contributed by atoms with Gasteiger partial charge < -0.3 is 24.3 Å². The van der Waals surface area contributed by atoms with E-state index in [0.29, 0.717) is 28.3 Å². The predicted octanol–water partition coefficient (Wildman–Crippen LogP) is 3.53.